The summed E-state index contributed by atoms with van der Waals surface area (Å²) in [7, 11) is 0. The quantitative estimate of drug-likeness (QED) is 0.343. The van der Waals surface area contributed by atoms with Gasteiger partial charge in [0.05, 0.1) is 10.5 Å². The van der Waals surface area contributed by atoms with Crippen LogP contribution in [0, 0.1) is 10.1 Å². The summed E-state index contributed by atoms with van der Waals surface area (Å²) in [4.78, 5) is 20.5. The fourth-order valence-electron chi connectivity index (χ4n) is 0.994. The standard InChI is InChI=1S/C7H8N4O3/c8-4-2-5(9)6(11(13)14)1-3(4)7(10)12/h1-2H,8-9H2,(H2,10,12). The highest BCUT2D eigenvalue weighted by atomic mass is 16.6. The van der Waals surface area contributed by atoms with E-state index in [2.05, 4.69) is 0 Å². The fraction of sp³-hybridized carbons (Fsp3) is 0. The molecular formula is C7H8N4O3. The average molecular weight is 196 g/mol. The number of nitrogens with two attached hydrogens (primary N) is 3. The number of primary amides is 1. The van der Waals surface area contributed by atoms with Crippen LogP contribution < -0.4 is 17.2 Å². The van der Waals surface area contributed by atoms with Crippen molar-refractivity contribution >= 4 is 23.0 Å². The van der Waals surface area contributed by atoms with E-state index in [0.717, 1.165) is 12.1 Å². The van der Waals surface area contributed by atoms with Crippen molar-refractivity contribution in [3.63, 3.8) is 0 Å². The minimum Gasteiger partial charge on any atom is -0.398 e. The first-order chi connectivity index (χ1) is 6.43. The molecule has 14 heavy (non-hydrogen) atoms. The van der Waals surface area contributed by atoms with E-state index in [9.17, 15) is 14.9 Å². The van der Waals surface area contributed by atoms with Gasteiger partial charge in [0.15, 0.2) is 0 Å². The average Bonchev–Trinajstić information content (AvgIpc) is 2.02. The zero-order valence-electron chi connectivity index (χ0n) is 7.06. The summed E-state index contributed by atoms with van der Waals surface area (Å²) in [6, 6.07) is 2.10. The highest BCUT2D eigenvalue weighted by Gasteiger charge is 2.17. The first kappa shape index (κ1) is 9.78. The minimum absolute atomic E-state index is 0.0283. The lowest BCUT2D eigenvalue weighted by Gasteiger charge is -2.03. The number of amides is 1. The Bertz CT molecular complexity index is 380. The molecular weight excluding hydrogens is 188 g/mol. The van der Waals surface area contributed by atoms with Gasteiger partial charge < -0.3 is 17.2 Å². The molecule has 0 atom stereocenters. The topological polar surface area (TPSA) is 138 Å². The van der Waals surface area contributed by atoms with Gasteiger partial charge in [0.1, 0.15) is 5.69 Å². The Morgan fingerprint density at radius 1 is 1.29 bits per heavy atom. The lowest BCUT2D eigenvalue weighted by Crippen LogP contribution is -2.14. The Labute approximate surface area is 78.6 Å². The summed E-state index contributed by atoms with van der Waals surface area (Å²) in [6.07, 6.45) is 0. The molecule has 1 aromatic carbocycles. The van der Waals surface area contributed by atoms with E-state index in [-0.39, 0.29) is 22.6 Å². The normalized spacial score (nSPS) is 9.71. The second kappa shape index (κ2) is 3.21. The van der Waals surface area contributed by atoms with Crippen molar-refractivity contribution in [2.45, 2.75) is 0 Å². The lowest BCUT2D eigenvalue weighted by atomic mass is 10.1. The van der Waals surface area contributed by atoms with Crippen molar-refractivity contribution in [3.8, 4) is 0 Å². The number of nitro groups is 1. The van der Waals surface area contributed by atoms with Crippen LogP contribution in [0.2, 0.25) is 0 Å². The first-order valence-corrected chi connectivity index (χ1v) is 3.56. The molecule has 0 heterocycles. The number of nitro benzene ring substituents is 1. The van der Waals surface area contributed by atoms with Gasteiger partial charge in [-0.2, -0.15) is 0 Å². The van der Waals surface area contributed by atoms with Crippen LogP contribution in [-0.2, 0) is 0 Å². The van der Waals surface area contributed by atoms with Crippen LogP contribution in [-0.4, -0.2) is 10.8 Å². The van der Waals surface area contributed by atoms with Crippen molar-refractivity contribution < 1.29 is 9.72 Å². The molecule has 74 valence electrons. The molecule has 1 aromatic rings. The smallest absolute Gasteiger partial charge is 0.293 e. The maximum Gasteiger partial charge on any atom is 0.293 e. The largest absolute Gasteiger partial charge is 0.398 e. The second-order valence-electron chi connectivity index (χ2n) is 2.62. The molecule has 0 unspecified atom stereocenters. The molecule has 0 aromatic heterocycles. The summed E-state index contributed by atoms with van der Waals surface area (Å²) in [5, 5.41) is 10.4. The number of hydrogen-bond donors (Lipinski definition) is 3. The zero-order chi connectivity index (χ0) is 10.9. The fourth-order valence-corrected chi connectivity index (χ4v) is 0.994. The molecule has 0 saturated carbocycles. The van der Waals surface area contributed by atoms with Crippen molar-refractivity contribution in [1.29, 1.82) is 0 Å². The number of nitrogens with zero attached hydrogens (tertiary/aromatic N) is 1. The highest BCUT2D eigenvalue weighted by Crippen LogP contribution is 2.26. The number of benzene rings is 1. The predicted molar refractivity (Wildman–Crippen MR) is 50.4 cm³/mol. The van der Waals surface area contributed by atoms with Gasteiger partial charge >= 0.3 is 0 Å². The van der Waals surface area contributed by atoms with Gasteiger partial charge in [0.25, 0.3) is 11.6 Å². The summed E-state index contributed by atoms with van der Waals surface area (Å²) >= 11 is 0. The summed E-state index contributed by atoms with van der Waals surface area (Å²) in [6.45, 7) is 0. The Kier molecular flexibility index (Phi) is 2.24. The van der Waals surface area contributed by atoms with Gasteiger partial charge in [0.2, 0.25) is 0 Å². The second-order valence-corrected chi connectivity index (χ2v) is 2.62. The van der Waals surface area contributed by atoms with E-state index in [1.54, 1.807) is 0 Å². The van der Waals surface area contributed by atoms with E-state index in [1.165, 1.54) is 0 Å². The van der Waals surface area contributed by atoms with E-state index in [1.807, 2.05) is 0 Å². The highest BCUT2D eigenvalue weighted by molar-refractivity contribution is 5.99. The van der Waals surface area contributed by atoms with Crippen molar-refractivity contribution in [2.24, 2.45) is 5.73 Å². The molecule has 0 radical (unpaired) electrons. The number of hydrogen-bond acceptors (Lipinski definition) is 5. The van der Waals surface area contributed by atoms with Crippen molar-refractivity contribution in [2.75, 3.05) is 11.5 Å². The Morgan fingerprint density at radius 2 is 1.86 bits per heavy atom. The van der Waals surface area contributed by atoms with Gasteiger partial charge in [-0.3, -0.25) is 14.9 Å². The molecule has 1 amide bonds. The van der Waals surface area contributed by atoms with E-state index >= 15 is 0 Å². The lowest BCUT2D eigenvalue weighted by molar-refractivity contribution is -0.383. The Balaban J connectivity index is 3.42. The van der Waals surface area contributed by atoms with Crippen LogP contribution in [0.15, 0.2) is 12.1 Å². The molecule has 7 heteroatoms. The van der Waals surface area contributed by atoms with Crippen molar-refractivity contribution in [3.05, 3.63) is 27.8 Å². The minimum atomic E-state index is -0.828. The molecule has 0 spiro atoms. The molecule has 0 aliphatic rings. The zero-order valence-corrected chi connectivity index (χ0v) is 7.06. The number of carbonyl (C=O) groups is 1. The Hall–Kier alpha value is -2.31. The van der Waals surface area contributed by atoms with Crippen LogP contribution >= 0.6 is 0 Å². The predicted octanol–water partition coefficient (Wildman–Crippen LogP) is -0.142. The third kappa shape index (κ3) is 1.56. The molecule has 1 rings (SSSR count). The molecule has 7 nitrogen and oxygen atoms in total. The van der Waals surface area contributed by atoms with Gasteiger partial charge in [-0.25, -0.2) is 0 Å². The molecule has 0 saturated heterocycles. The monoisotopic (exact) mass is 196 g/mol. The number of rotatable bonds is 2. The number of anilines is 2. The van der Waals surface area contributed by atoms with E-state index in [0.29, 0.717) is 0 Å². The SMILES string of the molecule is NC(=O)c1cc([N+](=O)[O-])c(N)cc1N. The summed E-state index contributed by atoms with van der Waals surface area (Å²) in [5.41, 5.74) is 15.1. The number of nitrogen functional groups attached to an aromatic ring is 2. The molecule has 0 aliphatic carbocycles. The van der Waals surface area contributed by atoms with Gasteiger partial charge in [0, 0.05) is 11.8 Å². The van der Waals surface area contributed by atoms with Crippen molar-refractivity contribution in [1.82, 2.24) is 0 Å². The van der Waals surface area contributed by atoms with Gasteiger partial charge in [-0.1, -0.05) is 0 Å². The van der Waals surface area contributed by atoms with E-state index < -0.39 is 10.8 Å². The van der Waals surface area contributed by atoms with Crippen LogP contribution in [0.25, 0.3) is 0 Å². The first-order valence-electron chi connectivity index (χ1n) is 3.56. The third-order valence-corrected chi connectivity index (χ3v) is 1.66. The summed E-state index contributed by atoms with van der Waals surface area (Å²) < 4.78 is 0. The summed E-state index contributed by atoms with van der Waals surface area (Å²) in [5.74, 6) is -0.828. The molecule has 0 aliphatic heterocycles. The van der Waals surface area contributed by atoms with Crippen LogP contribution in [0.3, 0.4) is 0 Å². The molecule has 0 bridgehead atoms. The van der Waals surface area contributed by atoms with Crippen LogP contribution in [0.4, 0.5) is 17.1 Å². The Morgan fingerprint density at radius 3 is 2.29 bits per heavy atom. The molecule has 0 fully saturated rings. The van der Waals surface area contributed by atoms with Gasteiger partial charge in [-0.15, -0.1) is 0 Å². The molecule has 6 N–H and O–H groups in total. The van der Waals surface area contributed by atoms with Crippen LogP contribution in [0.1, 0.15) is 10.4 Å². The van der Waals surface area contributed by atoms with Crippen LogP contribution in [0.5, 0.6) is 0 Å². The number of carbonyl (C=O) groups excluding carboxylic acids is 1. The van der Waals surface area contributed by atoms with E-state index in [4.69, 9.17) is 17.2 Å². The maximum absolute atomic E-state index is 10.8. The third-order valence-electron chi connectivity index (χ3n) is 1.66. The van der Waals surface area contributed by atoms with Gasteiger partial charge in [-0.05, 0) is 6.07 Å². The maximum atomic E-state index is 10.8.